The number of anilines is 4. The first-order valence-electron chi connectivity index (χ1n) is 42.7. The van der Waals surface area contributed by atoms with Crippen LogP contribution in [0.5, 0.6) is 0 Å². The van der Waals surface area contributed by atoms with E-state index < -0.39 is 262 Å². The van der Waals surface area contributed by atoms with Gasteiger partial charge in [-0.3, -0.25) is 70.4 Å². The molecule has 17 heterocycles. The van der Waals surface area contributed by atoms with Gasteiger partial charge in [-0.1, -0.05) is 12.2 Å². The summed E-state index contributed by atoms with van der Waals surface area (Å²) in [6, 6.07) is 0. The number of aryl methyl sites for hydroxylation is 4. The minimum Gasteiger partial charge on any atom is -0.383 e. The van der Waals surface area contributed by atoms with Gasteiger partial charge in [0.1, 0.15) is 128 Å². The predicted octanol–water partition coefficient (Wildman–Crippen LogP) is 1.14. The summed E-state index contributed by atoms with van der Waals surface area (Å²) >= 11 is 37.3. The van der Waals surface area contributed by atoms with Crippen LogP contribution < -0.4 is 62.4 Å². The van der Waals surface area contributed by atoms with Gasteiger partial charge in [-0.25, -0.2) is 68.6 Å². The number of aromatic nitrogens is 20. The van der Waals surface area contributed by atoms with Crippen LogP contribution in [-0.2, 0) is 167 Å². The molecule has 143 heavy (non-hydrogen) atoms. The van der Waals surface area contributed by atoms with Gasteiger partial charge in [0.25, 0.3) is 16.7 Å². The van der Waals surface area contributed by atoms with Gasteiger partial charge < -0.3 is 140 Å². The Balaban J connectivity index is 0.578. The van der Waals surface area contributed by atoms with Crippen molar-refractivity contribution >= 4 is 187 Å². The molecule has 59 nitrogen and oxygen atoms in total. The number of H-pyrrole nitrogens is 3. The fraction of sp³-hybridized carbons (Fsp3) is 0.557. The number of rotatable bonds is 39. The van der Waals surface area contributed by atoms with Crippen molar-refractivity contribution in [2.45, 2.75) is 209 Å². The topological polar surface area (TPSA) is 778 Å². The number of nitrogens with two attached hydrogens (primary N) is 4. The Morgan fingerprint density at radius 1 is 0.357 bits per heavy atom. The molecule has 17 rings (SSSR count). The third-order valence-corrected chi connectivity index (χ3v) is 34.0. The highest BCUT2D eigenvalue weighted by Gasteiger charge is 2.52. The number of nitrogens with one attached hydrogen (secondary N) is 3. The van der Waals surface area contributed by atoms with E-state index in [1.165, 1.54) is 102 Å². The maximum atomic E-state index is 14.9. The number of aromatic amines is 3. The van der Waals surface area contributed by atoms with E-state index in [2.05, 4.69) is 77.0 Å². The van der Waals surface area contributed by atoms with Crippen LogP contribution in [0.4, 0.5) is 23.3 Å². The zero-order valence-corrected chi connectivity index (χ0v) is 86.6. The molecular formula is C70H91N24O35P7S7. The molecule has 10 aromatic rings. The largest absolute Gasteiger partial charge is 0.386 e. The molecule has 0 bridgehead atoms. The highest BCUT2D eigenvalue weighted by Crippen LogP contribution is 2.60. The van der Waals surface area contributed by atoms with Crippen LogP contribution in [0.15, 0.2) is 96.3 Å². The fourth-order valence-corrected chi connectivity index (χ4v) is 26.5. The molecule has 0 radical (unpaired) electrons. The number of nitrogens with zero attached hydrogens (tertiary/aromatic N) is 17. The number of hydrogen-bond acceptors (Lipinski definition) is 48. The van der Waals surface area contributed by atoms with Gasteiger partial charge in [-0.05, 0) is 105 Å². The number of fused-ring (bicyclic) bond motifs is 3. The van der Waals surface area contributed by atoms with Gasteiger partial charge in [0.05, 0.1) is 101 Å². The molecule has 0 aliphatic carbocycles. The SMILES string of the molecule is Cc1cn([C@H]2C[C@@H](OP(O)(=S)OC[C@H]3O[C@@H](n4cc(C)c(=O)[nH]c4=O)C[C@H]3OP(O)(=S)OC[C@H]3O[C@@H](n4cnc5c(N)ncnc54)C[C@H]3OP(O)(O)=S)[C@@H](COP(O)(=S)O[C@@H]3C[C@H](n4cc(C)c(=O)[nH]c4=O)O[C@@H]3COP(O)(=S)O[C@@H]3C[C@H](n4cnc5c(N)ncnc54)O[C@@H]3COP(=O)(S)O[C@@H]3C[C@H](n4cnc5c(N)ncnc54)O[C@@H]3COP(O)(=S)O[C@@H]3C[C@H](n4cc(C)c(=O)[nH]c4=O)O[C@@H]3C)O2)c(=O)nc1N. The molecule has 0 saturated carbocycles. The van der Waals surface area contributed by atoms with Crippen molar-refractivity contribution in [1.82, 2.24) is 96.8 Å². The molecule has 0 amide bonds. The Hall–Kier alpha value is -6.83. The summed E-state index contributed by atoms with van der Waals surface area (Å²) in [5.41, 5.74) is 20.6. The van der Waals surface area contributed by atoms with Gasteiger partial charge in [-0.2, -0.15) is 4.98 Å². The van der Waals surface area contributed by atoms with Crippen molar-refractivity contribution in [2.24, 2.45) is 0 Å². The standard InChI is InChI=1S/C70H91N24O35P7S7/c1-29-13-88(67(98)84-57(29)71)48-8-36(125-133(106,140)113-19-43-37(9-49(118-43)90-15-31(3)65(96)86-69(90)100)126-132(105,139)111-17-41-35(123-130(102,103)137)7-51(120-41)92-26-81-54-58(72)75-23-78-61(54)92)42(117-48)18-112-134(107,141)127-38-10-50(91-16-32(4)66(97)87-70(91)101)119-44(38)20-114-135(108,142)129-40-12-53(94-28-83-56-60(74)77-25-80-63(56)94)122-46(40)22-115-136(109,143)128-39-11-52(93-27-82-55-59(73)76-24-79-62(55)93)121-45(39)21-110-131(104,138)124-34-6-47(116-33(34)5)89-14-30(2)64(95)85-68(89)99/h13-16,23-28,33-53H,6-12,17-22H2,1-5H3,(H,104,138)(H,105,139)(H,106,140)(H,107,141)(H,108,142)(H,109,143)(H2,71,84,98)(H2,72,75,78)(H2,73,76,79)(H2,74,77,80)(H,85,95,99)(H,86,96,100)(H,87,97,101)(H2,102,103,137)/t33-,34-,35-,36-,37-,38-,39-,40-,41-,42-,43-,44-,45-,46-,47-,48-,49-,50-,51-,52-,53-,131?,132?,133?,134?,135?,136?/m1/s1. The molecule has 10 aromatic heterocycles. The lowest BCUT2D eigenvalue weighted by atomic mass is 10.2. The molecule has 0 aromatic carbocycles. The Morgan fingerprint density at radius 2 is 0.615 bits per heavy atom. The van der Waals surface area contributed by atoms with Gasteiger partial charge in [-0.15, -0.1) is 0 Å². The molecule has 0 spiro atoms. The van der Waals surface area contributed by atoms with Crippen molar-refractivity contribution in [1.29, 1.82) is 0 Å². The van der Waals surface area contributed by atoms with Gasteiger partial charge in [0.15, 0.2) is 34.4 Å². The van der Waals surface area contributed by atoms with E-state index in [0.717, 1.165) is 13.7 Å². The molecule has 73 heteroatoms. The smallest absolute Gasteiger partial charge is 0.383 e. The van der Waals surface area contributed by atoms with E-state index in [0.29, 0.717) is 5.56 Å². The zero-order chi connectivity index (χ0) is 102. The first kappa shape index (κ1) is 107. The summed E-state index contributed by atoms with van der Waals surface area (Å²) in [6.45, 7) is -29.1. The van der Waals surface area contributed by atoms with E-state index in [1.807, 2.05) is 0 Å². The number of nitrogen functional groups attached to an aromatic ring is 4. The lowest BCUT2D eigenvalue weighted by molar-refractivity contribution is -0.0574. The minimum atomic E-state index is -4.77. The van der Waals surface area contributed by atoms with E-state index in [4.69, 9.17) is 186 Å². The summed E-state index contributed by atoms with van der Waals surface area (Å²) in [4.78, 5) is 220. The Bertz CT molecular complexity index is 7350. The Kier molecular flexibility index (Phi) is 32.2. The molecule has 27 atom stereocenters. The highest BCUT2D eigenvalue weighted by molar-refractivity contribution is 8.44. The summed E-state index contributed by atoms with van der Waals surface area (Å²) in [5, 5.41) is 0. The third-order valence-electron chi connectivity index (χ3n) is 23.7. The number of thiol groups is 1. The summed E-state index contributed by atoms with van der Waals surface area (Å²) in [6.07, 6.45) is -15.8. The van der Waals surface area contributed by atoms with Crippen LogP contribution in [0.25, 0.3) is 33.5 Å². The average Bonchev–Trinajstić information content (AvgIpc) is 1.66. The second kappa shape index (κ2) is 42.9. The fourth-order valence-electron chi connectivity index (χ4n) is 16.7. The van der Waals surface area contributed by atoms with E-state index >= 15 is 0 Å². The van der Waals surface area contributed by atoms with Gasteiger partial charge in [0, 0.05) is 92.0 Å². The zero-order valence-electron chi connectivity index (χ0n) is 74.6. The summed E-state index contributed by atoms with van der Waals surface area (Å²) in [5.74, 6) is -0.0595. The van der Waals surface area contributed by atoms with Gasteiger partial charge >= 0.3 is 69.9 Å². The van der Waals surface area contributed by atoms with Crippen LogP contribution in [0.2, 0.25) is 0 Å². The Morgan fingerprint density at radius 3 is 0.930 bits per heavy atom. The summed E-state index contributed by atoms with van der Waals surface area (Å²) < 4.78 is 146. The van der Waals surface area contributed by atoms with Crippen LogP contribution in [0.1, 0.15) is 118 Å². The highest BCUT2D eigenvalue weighted by atomic mass is 32.7. The predicted molar refractivity (Wildman–Crippen MR) is 518 cm³/mol. The average molecular weight is 2270 g/mol. The molecule has 7 saturated heterocycles. The molecule has 7 aliphatic heterocycles. The van der Waals surface area contributed by atoms with Crippen LogP contribution in [-0.4, -0.2) is 256 Å². The Labute approximate surface area is 838 Å². The maximum Gasteiger partial charge on any atom is 0.386 e. The molecule has 18 N–H and O–H groups in total. The van der Waals surface area contributed by atoms with Crippen LogP contribution in [0, 0.1) is 27.7 Å². The van der Waals surface area contributed by atoms with E-state index in [9.17, 15) is 72.4 Å². The minimum absolute atomic E-state index is 0.00731. The number of hydrogen-bond donors (Lipinski definition) is 15. The second-order valence-corrected chi connectivity index (χ2v) is 52.9. The quantitative estimate of drug-likeness (QED) is 0.0190. The second-order valence-electron chi connectivity index (χ2n) is 33.5. The van der Waals surface area contributed by atoms with E-state index in [-0.39, 0.29) is 112 Å². The van der Waals surface area contributed by atoms with Crippen molar-refractivity contribution in [2.75, 3.05) is 62.6 Å². The third kappa shape index (κ3) is 25.1. The summed E-state index contributed by atoms with van der Waals surface area (Å²) in [7, 11) is 0. The van der Waals surface area contributed by atoms with Crippen molar-refractivity contribution in [3.63, 3.8) is 0 Å². The molecule has 7 fully saturated rings. The van der Waals surface area contributed by atoms with Crippen LogP contribution in [0.3, 0.4) is 0 Å². The maximum absolute atomic E-state index is 14.9. The normalized spacial score (nSPS) is 29.5. The number of imidazole rings is 3. The first-order valence-corrected chi connectivity index (χ1v) is 61.0. The van der Waals surface area contributed by atoms with E-state index in [1.54, 1.807) is 13.8 Å². The molecule has 778 valence electrons. The lowest BCUT2D eigenvalue weighted by Crippen LogP contribution is -2.33. The monoisotopic (exact) mass is 2270 g/mol. The molecule has 7 aliphatic rings. The lowest BCUT2D eigenvalue weighted by Gasteiger charge is -2.28. The van der Waals surface area contributed by atoms with Crippen LogP contribution >= 0.6 is 59.4 Å². The van der Waals surface area contributed by atoms with Gasteiger partial charge in [0.2, 0.25) is 0 Å². The van der Waals surface area contributed by atoms with Crippen molar-refractivity contribution in [3.8, 4) is 0 Å². The molecule has 6 unspecified atom stereocenters. The van der Waals surface area contributed by atoms with Crippen molar-refractivity contribution in [3.05, 3.63) is 158 Å². The number of ether oxygens (including phenoxy) is 7. The van der Waals surface area contributed by atoms with Crippen molar-refractivity contribution < 1.29 is 131 Å². The molecular weight excluding hydrogens is 2180 g/mol. The first-order chi connectivity index (χ1) is 67.3.